The number of rotatable bonds is 5. The number of hydrogen-bond acceptors (Lipinski definition) is 1. The van der Waals surface area contributed by atoms with Crippen LogP contribution in [0.1, 0.15) is 44.6 Å². The van der Waals surface area contributed by atoms with E-state index in [9.17, 15) is 9.90 Å². The van der Waals surface area contributed by atoms with Gasteiger partial charge in [0.15, 0.2) is 0 Å². The van der Waals surface area contributed by atoms with Gasteiger partial charge in [-0.25, -0.2) is 0 Å². The zero-order valence-electron chi connectivity index (χ0n) is 12.3. The molecule has 0 radical (unpaired) electrons. The van der Waals surface area contributed by atoms with Crippen molar-refractivity contribution in [3.05, 3.63) is 33.8 Å². The average Bonchev–Trinajstić information content (AvgIpc) is 2.44. The quantitative estimate of drug-likeness (QED) is 0.779. The number of carbonyl (C=O) groups is 1. The predicted molar refractivity (Wildman–Crippen MR) is 87.0 cm³/mol. The van der Waals surface area contributed by atoms with Crippen LogP contribution in [0.2, 0.25) is 10.0 Å². The van der Waals surface area contributed by atoms with Crippen molar-refractivity contribution in [2.75, 3.05) is 0 Å². The summed E-state index contributed by atoms with van der Waals surface area (Å²) in [5.74, 6) is -0.126. The van der Waals surface area contributed by atoms with E-state index in [0.717, 1.165) is 31.2 Å². The minimum Gasteiger partial charge on any atom is -0.481 e. The van der Waals surface area contributed by atoms with E-state index in [2.05, 4.69) is 6.92 Å². The third-order valence-electron chi connectivity index (χ3n) is 4.62. The Morgan fingerprint density at radius 1 is 1.33 bits per heavy atom. The Morgan fingerprint density at radius 3 is 2.76 bits per heavy atom. The molecule has 1 aromatic carbocycles. The molecule has 2 rings (SSSR count). The summed E-state index contributed by atoms with van der Waals surface area (Å²) in [6.07, 6.45) is 5.84. The summed E-state index contributed by atoms with van der Waals surface area (Å²) >= 11 is 12.3. The van der Waals surface area contributed by atoms with Crippen LogP contribution < -0.4 is 0 Å². The van der Waals surface area contributed by atoms with Crippen LogP contribution in [0.4, 0.5) is 0 Å². The molecule has 3 atom stereocenters. The number of benzene rings is 1. The molecule has 3 unspecified atom stereocenters. The summed E-state index contributed by atoms with van der Waals surface area (Å²) in [6, 6.07) is 5.60. The lowest BCUT2D eigenvalue weighted by atomic mass is 9.70. The molecule has 1 aromatic rings. The lowest BCUT2D eigenvalue weighted by molar-refractivity contribution is -0.145. The first-order chi connectivity index (χ1) is 10.0. The summed E-state index contributed by atoms with van der Waals surface area (Å²) in [7, 11) is 0. The Morgan fingerprint density at radius 2 is 2.10 bits per heavy atom. The van der Waals surface area contributed by atoms with E-state index in [1.54, 1.807) is 6.07 Å². The molecule has 1 aliphatic carbocycles. The molecule has 1 fully saturated rings. The van der Waals surface area contributed by atoms with E-state index in [1.807, 2.05) is 12.1 Å². The van der Waals surface area contributed by atoms with Crippen molar-refractivity contribution >= 4 is 29.2 Å². The molecular weight excluding hydrogens is 307 g/mol. The molecule has 1 aliphatic rings. The largest absolute Gasteiger partial charge is 0.481 e. The highest BCUT2D eigenvalue weighted by atomic mass is 35.5. The standard InChI is InChI=1S/C17H22Cl2O2/c1-2-4-11-7-8-14(17(20)21)13(9-11)10-12-5-3-6-15(18)16(12)19/h3,5-6,11,13-14H,2,4,7-10H2,1H3,(H,20,21). The van der Waals surface area contributed by atoms with Crippen molar-refractivity contribution in [3.8, 4) is 0 Å². The minimum absolute atomic E-state index is 0.156. The van der Waals surface area contributed by atoms with Gasteiger partial charge in [0, 0.05) is 0 Å². The number of hydrogen-bond donors (Lipinski definition) is 1. The molecule has 0 heterocycles. The summed E-state index contributed by atoms with van der Waals surface area (Å²) in [5.41, 5.74) is 0.970. The molecular formula is C17H22Cl2O2. The van der Waals surface area contributed by atoms with E-state index in [-0.39, 0.29) is 11.8 Å². The number of carboxylic acid groups (broad SMARTS) is 1. The lowest BCUT2D eigenvalue weighted by Gasteiger charge is -2.34. The highest BCUT2D eigenvalue weighted by Crippen LogP contribution is 2.39. The van der Waals surface area contributed by atoms with Crippen molar-refractivity contribution in [2.45, 2.75) is 45.4 Å². The monoisotopic (exact) mass is 328 g/mol. The molecule has 2 nitrogen and oxygen atoms in total. The van der Waals surface area contributed by atoms with E-state index in [4.69, 9.17) is 23.2 Å². The van der Waals surface area contributed by atoms with Gasteiger partial charge in [-0.2, -0.15) is 0 Å². The molecule has 0 bridgehead atoms. The van der Waals surface area contributed by atoms with Gasteiger partial charge in [0.1, 0.15) is 0 Å². The van der Waals surface area contributed by atoms with Crippen LogP contribution in [-0.2, 0) is 11.2 Å². The van der Waals surface area contributed by atoms with E-state index in [1.165, 1.54) is 6.42 Å². The lowest BCUT2D eigenvalue weighted by Crippen LogP contribution is -2.32. The molecule has 4 heteroatoms. The van der Waals surface area contributed by atoms with Crippen LogP contribution in [0.15, 0.2) is 18.2 Å². The van der Waals surface area contributed by atoms with Crippen molar-refractivity contribution in [3.63, 3.8) is 0 Å². The average molecular weight is 329 g/mol. The Kier molecular flexibility index (Phi) is 5.95. The van der Waals surface area contributed by atoms with Crippen LogP contribution in [-0.4, -0.2) is 11.1 Å². The van der Waals surface area contributed by atoms with E-state index in [0.29, 0.717) is 22.4 Å². The highest BCUT2D eigenvalue weighted by Gasteiger charge is 2.34. The maximum atomic E-state index is 11.5. The number of halogens is 2. The molecule has 116 valence electrons. The summed E-state index contributed by atoms with van der Waals surface area (Å²) in [4.78, 5) is 11.5. The third-order valence-corrected chi connectivity index (χ3v) is 5.48. The molecule has 0 aromatic heterocycles. The fourth-order valence-electron chi connectivity index (χ4n) is 3.57. The van der Waals surface area contributed by atoms with Crippen molar-refractivity contribution in [1.82, 2.24) is 0 Å². The summed E-state index contributed by atoms with van der Waals surface area (Å²) in [6.45, 7) is 2.19. The first-order valence-corrected chi connectivity index (χ1v) is 8.44. The SMILES string of the molecule is CCCC1CCC(C(=O)O)C(Cc2cccc(Cl)c2Cl)C1. The fourth-order valence-corrected chi connectivity index (χ4v) is 3.97. The maximum Gasteiger partial charge on any atom is 0.306 e. The maximum absolute atomic E-state index is 11.5. The van der Waals surface area contributed by atoms with E-state index >= 15 is 0 Å². The molecule has 1 saturated carbocycles. The first kappa shape index (κ1) is 16.6. The Hall–Kier alpha value is -0.730. The minimum atomic E-state index is -0.673. The molecule has 0 spiro atoms. The van der Waals surface area contributed by atoms with Crippen LogP contribution in [0.3, 0.4) is 0 Å². The zero-order valence-corrected chi connectivity index (χ0v) is 13.8. The van der Waals surface area contributed by atoms with Crippen LogP contribution in [0.25, 0.3) is 0 Å². The van der Waals surface area contributed by atoms with Crippen LogP contribution in [0.5, 0.6) is 0 Å². The van der Waals surface area contributed by atoms with Gasteiger partial charge < -0.3 is 5.11 Å². The fraction of sp³-hybridized carbons (Fsp3) is 0.588. The van der Waals surface area contributed by atoms with Crippen molar-refractivity contribution in [1.29, 1.82) is 0 Å². The summed E-state index contributed by atoms with van der Waals surface area (Å²) in [5, 5.41) is 10.6. The number of aliphatic carboxylic acids is 1. The van der Waals surface area contributed by atoms with Gasteiger partial charge in [-0.15, -0.1) is 0 Å². The zero-order chi connectivity index (χ0) is 15.4. The molecule has 0 saturated heterocycles. The normalized spacial score (nSPS) is 25.8. The number of carboxylic acids is 1. The Labute approximate surface area is 136 Å². The third kappa shape index (κ3) is 4.14. The molecule has 21 heavy (non-hydrogen) atoms. The van der Waals surface area contributed by atoms with Gasteiger partial charge in [0.2, 0.25) is 0 Å². The van der Waals surface area contributed by atoms with Gasteiger partial charge in [-0.3, -0.25) is 4.79 Å². The summed E-state index contributed by atoms with van der Waals surface area (Å²) < 4.78 is 0. The highest BCUT2D eigenvalue weighted by molar-refractivity contribution is 6.42. The first-order valence-electron chi connectivity index (χ1n) is 7.68. The van der Waals surface area contributed by atoms with Crippen molar-refractivity contribution < 1.29 is 9.90 Å². The van der Waals surface area contributed by atoms with Gasteiger partial charge in [0.25, 0.3) is 0 Å². The van der Waals surface area contributed by atoms with Gasteiger partial charge in [0.05, 0.1) is 16.0 Å². The molecule has 0 aliphatic heterocycles. The second kappa shape index (κ2) is 7.51. The Bertz CT molecular complexity index is 502. The van der Waals surface area contributed by atoms with Gasteiger partial charge in [-0.1, -0.05) is 55.1 Å². The second-order valence-corrected chi connectivity index (χ2v) is 6.87. The topological polar surface area (TPSA) is 37.3 Å². The van der Waals surface area contributed by atoms with Crippen LogP contribution >= 0.6 is 23.2 Å². The predicted octanol–water partition coefficient (Wildman–Crippen LogP) is 5.45. The molecule has 1 N–H and O–H groups in total. The van der Waals surface area contributed by atoms with Gasteiger partial charge >= 0.3 is 5.97 Å². The second-order valence-electron chi connectivity index (χ2n) is 6.09. The van der Waals surface area contributed by atoms with Gasteiger partial charge in [-0.05, 0) is 49.1 Å². The van der Waals surface area contributed by atoms with Crippen molar-refractivity contribution in [2.24, 2.45) is 17.8 Å². The van der Waals surface area contributed by atoms with E-state index < -0.39 is 5.97 Å². The Balaban J connectivity index is 2.15. The van der Waals surface area contributed by atoms with Crippen LogP contribution in [0, 0.1) is 17.8 Å². The molecule has 0 amide bonds. The smallest absolute Gasteiger partial charge is 0.306 e.